The second-order valence-electron chi connectivity index (χ2n) is 6.04. The first-order valence-electron chi connectivity index (χ1n) is 7.90. The first-order valence-corrected chi connectivity index (χ1v) is 8.71. The standard InChI is InChI=1S/C18H13FN2O3S/c1-2-7-20-14-9-13(12(19)8-15(14)25-18(20)24)21-16(22)10-5-3-4-6-11(10)17(21)23/h1,8-9H,3-7H2. The zero-order valence-corrected chi connectivity index (χ0v) is 14.0. The first kappa shape index (κ1) is 15.8. The molecule has 0 saturated heterocycles. The van der Waals surface area contributed by atoms with Gasteiger partial charge in [0.05, 0.1) is 22.4 Å². The summed E-state index contributed by atoms with van der Waals surface area (Å²) in [6, 6.07) is 2.55. The summed E-state index contributed by atoms with van der Waals surface area (Å²) >= 11 is 0.879. The maximum Gasteiger partial charge on any atom is 0.309 e. The maximum atomic E-state index is 14.6. The van der Waals surface area contributed by atoms with Crippen LogP contribution in [0.2, 0.25) is 0 Å². The molecule has 2 aromatic rings. The second-order valence-corrected chi connectivity index (χ2v) is 7.03. The van der Waals surface area contributed by atoms with E-state index in [1.807, 2.05) is 0 Å². The van der Waals surface area contributed by atoms with E-state index < -0.39 is 17.6 Å². The van der Waals surface area contributed by atoms with Crippen molar-refractivity contribution in [1.29, 1.82) is 0 Å². The van der Waals surface area contributed by atoms with Crippen LogP contribution in [0.5, 0.6) is 0 Å². The van der Waals surface area contributed by atoms with Crippen molar-refractivity contribution in [2.24, 2.45) is 0 Å². The Morgan fingerprint density at radius 3 is 2.36 bits per heavy atom. The number of benzene rings is 1. The molecule has 1 aromatic heterocycles. The molecule has 1 aliphatic heterocycles. The van der Waals surface area contributed by atoms with Gasteiger partial charge in [0.15, 0.2) is 0 Å². The molecule has 1 aromatic carbocycles. The number of carbonyl (C=O) groups is 2. The van der Waals surface area contributed by atoms with Crippen LogP contribution in [0, 0.1) is 18.2 Å². The van der Waals surface area contributed by atoms with Crippen molar-refractivity contribution in [2.75, 3.05) is 4.90 Å². The highest BCUT2D eigenvalue weighted by Crippen LogP contribution is 2.37. The van der Waals surface area contributed by atoms with Crippen molar-refractivity contribution in [3.8, 4) is 12.3 Å². The summed E-state index contributed by atoms with van der Waals surface area (Å²) in [5.41, 5.74) is 1.28. The topological polar surface area (TPSA) is 59.4 Å². The normalized spacial score (nSPS) is 17.4. The smallest absolute Gasteiger partial charge is 0.287 e. The van der Waals surface area contributed by atoms with Gasteiger partial charge in [0.25, 0.3) is 11.8 Å². The van der Waals surface area contributed by atoms with Gasteiger partial charge in [-0.2, -0.15) is 0 Å². The first-order chi connectivity index (χ1) is 12.0. The zero-order chi connectivity index (χ0) is 17.7. The Morgan fingerprint density at radius 2 is 1.76 bits per heavy atom. The van der Waals surface area contributed by atoms with E-state index in [-0.39, 0.29) is 17.1 Å². The van der Waals surface area contributed by atoms with Gasteiger partial charge in [-0.15, -0.1) is 6.42 Å². The molecule has 0 saturated carbocycles. The number of terminal acetylenes is 1. The fraction of sp³-hybridized carbons (Fsp3) is 0.278. The third-order valence-electron chi connectivity index (χ3n) is 4.62. The van der Waals surface area contributed by atoms with E-state index >= 15 is 0 Å². The lowest BCUT2D eigenvalue weighted by molar-refractivity contribution is -0.120. The van der Waals surface area contributed by atoms with E-state index in [1.54, 1.807) is 0 Å². The Labute approximate surface area is 146 Å². The van der Waals surface area contributed by atoms with Gasteiger partial charge >= 0.3 is 4.87 Å². The van der Waals surface area contributed by atoms with Crippen LogP contribution in [0.1, 0.15) is 25.7 Å². The van der Waals surface area contributed by atoms with Gasteiger partial charge in [0.2, 0.25) is 0 Å². The lowest BCUT2D eigenvalue weighted by Gasteiger charge is -2.16. The third kappa shape index (κ3) is 2.25. The molecule has 126 valence electrons. The minimum absolute atomic E-state index is 0.0422. The maximum absolute atomic E-state index is 14.6. The van der Waals surface area contributed by atoms with Crippen LogP contribution in [0.4, 0.5) is 10.1 Å². The number of fused-ring (bicyclic) bond motifs is 1. The highest BCUT2D eigenvalue weighted by molar-refractivity contribution is 7.16. The molecule has 2 amide bonds. The average Bonchev–Trinajstić information content (AvgIpc) is 3.03. The molecule has 4 rings (SSSR count). The predicted octanol–water partition coefficient (Wildman–Crippen LogP) is 2.58. The summed E-state index contributed by atoms with van der Waals surface area (Å²) < 4.78 is 16.4. The Hall–Kier alpha value is -2.72. The molecule has 0 atom stereocenters. The van der Waals surface area contributed by atoms with Crippen molar-refractivity contribution < 1.29 is 14.0 Å². The molecule has 0 spiro atoms. The fourth-order valence-electron chi connectivity index (χ4n) is 3.44. The summed E-state index contributed by atoms with van der Waals surface area (Å²) in [6.45, 7) is 0.0422. The lowest BCUT2D eigenvalue weighted by atomic mass is 9.93. The number of halogens is 1. The summed E-state index contributed by atoms with van der Waals surface area (Å²) in [5, 5.41) is 0. The van der Waals surface area contributed by atoms with E-state index in [2.05, 4.69) is 5.92 Å². The molecule has 2 aliphatic rings. The molecular weight excluding hydrogens is 343 g/mol. The van der Waals surface area contributed by atoms with Crippen molar-refractivity contribution in [3.05, 3.63) is 38.8 Å². The number of aromatic nitrogens is 1. The van der Waals surface area contributed by atoms with Crippen molar-refractivity contribution in [1.82, 2.24) is 4.57 Å². The molecule has 2 heterocycles. The number of anilines is 1. The molecule has 7 heteroatoms. The van der Waals surface area contributed by atoms with Gasteiger partial charge in [-0.05, 0) is 37.8 Å². The van der Waals surface area contributed by atoms with Gasteiger partial charge in [-0.3, -0.25) is 19.0 Å². The lowest BCUT2D eigenvalue weighted by Crippen LogP contribution is -2.32. The Kier molecular flexibility index (Phi) is 3.58. The zero-order valence-electron chi connectivity index (χ0n) is 13.2. The number of hydrogen-bond acceptors (Lipinski definition) is 4. The molecule has 0 unspecified atom stereocenters. The highest BCUT2D eigenvalue weighted by Gasteiger charge is 2.40. The number of imide groups is 1. The molecule has 0 N–H and O–H groups in total. The Balaban J connectivity index is 1.87. The second kappa shape index (κ2) is 5.67. The fourth-order valence-corrected chi connectivity index (χ4v) is 4.34. The average molecular weight is 356 g/mol. The molecule has 1 aliphatic carbocycles. The summed E-state index contributed by atoms with van der Waals surface area (Å²) in [6.07, 6.45) is 8.07. The number of thiazole rings is 1. The summed E-state index contributed by atoms with van der Waals surface area (Å²) in [7, 11) is 0. The van der Waals surface area contributed by atoms with Crippen LogP contribution in [0.25, 0.3) is 10.2 Å². The molecule has 0 fully saturated rings. The van der Waals surface area contributed by atoms with Gasteiger partial charge in [-0.25, -0.2) is 9.29 Å². The van der Waals surface area contributed by atoms with Crippen LogP contribution in [-0.4, -0.2) is 16.4 Å². The highest BCUT2D eigenvalue weighted by atomic mass is 32.1. The largest absolute Gasteiger partial charge is 0.309 e. The van der Waals surface area contributed by atoms with Crippen molar-refractivity contribution in [2.45, 2.75) is 32.2 Å². The number of rotatable bonds is 2. The van der Waals surface area contributed by atoms with Gasteiger partial charge in [0.1, 0.15) is 5.82 Å². The number of hydrogen-bond donors (Lipinski definition) is 0. The molecule has 0 radical (unpaired) electrons. The van der Waals surface area contributed by atoms with Crippen LogP contribution in [0.15, 0.2) is 28.1 Å². The van der Waals surface area contributed by atoms with Crippen molar-refractivity contribution in [3.63, 3.8) is 0 Å². The minimum atomic E-state index is -0.705. The van der Waals surface area contributed by atoms with Crippen molar-refractivity contribution >= 4 is 39.1 Å². The minimum Gasteiger partial charge on any atom is -0.287 e. The van der Waals surface area contributed by atoms with E-state index in [0.29, 0.717) is 34.2 Å². The predicted molar refractivity (Wildman–Crippen MR) is 92.9 cm³/mol. The van der Waals surface area contributed by atoms with E-state index in [1.165, 1.54) is 16.7 Å². The monoisotopic (exact) mass is 356 g/mol. The van der Waals surface area contributed by atoms with Crippen LogP contribution < -0.4 is 9.77 Å². The summed E-state index contributed by atoms with van der Waals surface area (Å²) in [4.78, 5) is 37.9. The number of carbonyl (C=O) groups excluding carboxylic acids is 2. The summed E-state index contributed by atoms with van der Waals surface area (Å²) in [5.74, 6) is 0.761. The Morgan fingerprint density at radius 1 is 1.12 bits per heavy atom. The van der Waals surface area contributed by atoms with Crippen LogP contribution >= 0.6 is 11.3 Å². The van der Waals surface area contributed by atoms with E-state index in [0.717, 1.165) is 29.1 Å². The molecular formula is C18H13FN2O3S. The SMILES string of the molecule is C#CCn1c(=O)sc2cc(F)c(N3C(=O)C4=C(CCCC4)C3=O)cc21. The van der Waals surface area contributed by atoms with E-state index in [9.17, 15) is 18.8 Å². The van der Waals surface area contributed by atoms with Crippen LogP contribution in [-0.2, 0) is 16.1 Å². The van der Waals surface area contributed by atoms with Gasteiger partial charge < -0.3 is 0 Å². The molecule has 0 bridgehead atoms. The number of nitrogens with zero attached hydrogens (tertiary/aromatic N) is 2. The third-order valence-corrected chi connectivity index (χ3v) is 5.56. The van der Waals surface area contributed by atoms with Gasteiger partial charge in [0, 0.05) is 11.1 Å². The van der Waals surface area contributed by atoms with E-state index in [4.69, 9.17) is 6.42 Å². The van der Waals surface area contributed by atoms with Crippen LogP contribution in [0.3, 0.4) is 0 Å². The molecule has 25 heavy (non-hydrogen) atoms. The number of amides is 2. The quantitative estimate of drug-likeness (QED) is 0.614. The molecule has 5 nitrogen and oxygen atoms in total. The Bertz CT molecular complexity index is 1040. The van der Waals surface area contributed by atoms with Gasteiger partial charge in [-0.1, -0.05) is 17.3 Å².